The van der Waals surface area contributed by atoms with Crippen LogP contribution in [-0.2, 0) is 11.5 Å². The van der Waals surface area contributed by atoms with Crippen molar-refractivity contribution in [3.05, 3.63) is 60.3 Å². The maximum Gasteiger partial charge on any atom is 0.252 e. The summed E-state index contributed by atoms with van der Waals surface area (Å²) < 4.78 is 13.5. The second-order valence-electron chi connectivity index (χ2n) is 10.7. The fourth-order valence-electron chi connectivity index (χ4n) is 4.15. The van der Waals surface area contributed by atoms with Gasteiger partial charge in [-0.3, -0.25) is 4.79 Å². The third-order valence-corrected chi connectivity index (χ3v) is 8.07. The number of ether oxygens (including phenoxy) is 2. The summed E-state index contributed by atoms with van der Waals surface area (Å²) >= 11 is 0. The number of para-hydroxylation sites is 1. The van der Waals surface area contributed by atoms with Crippen molar-refractivity contribution in [1.29, 1.82) is 0 Å². The van der Waals surface area contributed by atoms with E-state index in [1.165, 1.54) is 0 Å². The van der Waals surface area contributed by atoms with Crippen LogP contribution in [0.3, 0.4) is 0 Å². The van der Waals surface area contributed by atoms with Gasteiger partial charge in [0, 0.05) is 57.0 Å². The minimum atomic E-state index is -1.19. The van der Waals surface area contributed by atoms with E-state index in [0.717, 1.165) is 50.7 Å². The fourth-order valence-corrected chi connectivity index (χ4v) is 4.91. The van der Waals surface area contributed by atoms with Gasteiger partial charge in [0.1, 0.15) is 26.0 Å². The van der Waals surface area contributed by atoms with E-state index in [4.69, 9.17) is 19.6 Å². The molecule has 0 aliphatic rings. The van der Waals surface area contributed by atoms with Crippen molar-refractivity contribution in [2.75, 3.05) is 27.8 Å². The summed E-state index contributed by atoms with van der Waals surface area (Å²) in [6.07, 6.45) is 1.84. The molecule has 0 aliphatic carbocycles. The third kappa shape index (κ3) is 5.94. The number of benzene rings is 2. The van der Waals surface area contributed by atoms with Crippen molar-refractivity contribution in [1.82, 2.24) is 19.7 Å². The van der Waals surface area contributed by atoms with Crippen LogP contribution in [0.25, 0.3) is 33.4 Å². The van der Waals surface area contributed by atoms with Crippen molar-refractivity contribution in [2.45, 2.75) is 32.4 Å². The van der Waals surface area contributed by atoms with Crippen LogP contribution in [0.4, 0.5) is 0 Å². The summed E-state index contributed by atoms with van der Waals surface area (Å²) in [4.78, 5) is 19.1. The zero-order valence-corrected chi connectivity index (χ0v) is 23.8. The third-order valence-electron chi connectivity index (χ3n) is 6.37. The molecule has 2 aromatic heterocycles. The zero-order valence-electron chi connectivity index (χ0n) is 22.8. The quantitative estimate of drug-likeness (QED) is 0.249. The monoisotopic (exact) mass is 514 g/mol. The van der Waals surface area contributed by atoms with E-state index >= 15 is 0 Å². The molecule has 4 rings (SSSR count). The van der Waals surface area contributed by atoms with Gasteiger partial charge in [-0.25, -0.2) is 9.67 Å². The molecule has 7 nitrogen and oxygen atoms in total. The highest BCUT2D eigenvalue weighted by molar-refractivity contribution is 6.76. The molecule has 0 saturated carbocycles. The number of rotatable bonds is 9. The van der Waals surface area contributed by atoms with Crippen LogP contribution < -0.4 is 10.2 Å². The van der Waals surface area contributed by atoms with E-state index in [1.807, 2.05) is 61.2 Å². The minimum Gasteiger partial charge on any atom is -0.496 e. The summed E-state index contributed by atoms with van der Waals surface area (Å²) in [5.41, 5.74) is 5.88. The van der Waals surface area contributed by atoms with Crippen molar-refractivity contribution < 1.29 is 14.3 Å². The molecule has 0 fully saturated rings. The van der Waals surface area contributed by atoms with Crippen LogP contribution in [0.5, 0.6) is 5.75 Å². The van der Waals surface area contributed by atoms with Gasteiger partial charge < -0.3 is 14.4 Å². The summed E-state index contributed by atoms with van der Waals surface area (Å²) in [6.45, 7) is 8.04. The standard InChI is InChI=1S/C28H35BN4O3Si/c1-32(2)28(34)22-15-19(11-12-24(22)29)20-16-23-26(21-9-7-8-10-25(21)35-3)31-33(27(23)30-17-20)18-36-13-14-37(4,5)6/h7-12,15-17H,13-14,18,29H2,1-6H3. The lowest BCUT2D eigenvalue weighted by molar-refractivity contribution is 0.0814. The largest absolute Gasteiger partial charge is 0.496 e. The summed E-state index contributed by atoms with van der Waals surface area (Å²) in [6, 6.07) is 17.0. The maximum atomic E-state index is 12.7. The highest BCUT2D eigenvalue weighted by atomic mass is 28.3. The first kappa shape index (κ1) is 26.6. The average Bonchev–Trinajstić information content (AvgIpc) is 3.23. The van der Waals surface area contributed by atoms with Crippen LogP contribution in [0.2, 0.25) is 25.7 Å². The number of carbonyl (C=O) groups excluding carboxylic acids is 1. The van der Waals surface area contributed by atoms with Crippen LogP contribution >= 0.6 is 0 Å². The number of hydrogen-bond acceptors (Lipinski definition) is 5. The van der Waals surface area contributed by atoms with Crippen LogP contribution in [0.1, 0.15) is 10.4 Å². The van der Waals surface area contributed by atoms with E-state index in [9.17, 15) is 4.79 Å². The first-order chi connectivity index (χ1) is 17.6. The Bertz CT molecular complexity index is 1430. The Balaban J connectivity index is 1.80. The smallest absolute Gasteiger partial charge is 0.252 e. The Kier molecular flexibility index (Phi) is 7.85. The molecule has 0 bridgehead atoms. The van der Waals surface area contributed by atoms with Crippen molar-refractivity contribution in [3.63, 3.8) is 0 Å². The van der Waals surface area contributed by atoms with Crippen molar-refractivity contribution in [2.24, 2.45) is 0 Å². The Morgan fingerprint density at radius 3 is 2.54 bits per heavy atom. The Hall–Kier alpha value is -3.43. The first-order valence-electron chi connectivity index (χ1n) is 12.5. The highest BCUT2D eigenvalue weighted by Gasteiger charge is 2.19. The summed E-state index contributed by atoms with van der Waals surface area (Å²) in [7, 11) is 5.96. The average molecular weight is 515 g/mol. The number of aromatic nitrogens is 3. The van der Waals surface area contributed by atoms with Gasteiger partial charge in [-0.2, -0.15) is 5.10 Å². The molecule has 0 aliphatic heterocycles. The fraction of sp³-hybridized carbons (Fsp3) is 0.321. The lowest BCUT2D eigenvalue weighted by Crippen LogP contribution is -2.27. The van der Waals surface area contributed by atoms with E-state index in [0.29, 0.717) is 18.9 Å². The highest BCUT2D eigenvalue weighted by Crippen LogP contribution is 2.35. The number of amides is 1. The van der Waals surface area contributed by atoms with E-state index in [2.05, 4.69) is 25.7 Å². The van der Waals surface area contributed by atoms with Gasteiger partial charge in [0.25, 0.3) is 5.91 Å². The molecule has 37 heavy (non-hydrogen) atoms. The lowest BCUT2D eigenvalue weighted by Gasteiger charge is -2.15. The number of hydrogen-bond donors (Lipinski definition) is 0. The summed E-state index contributed by atoms with van der Waals surface area (Å²) in [5.74, 6) is 0.722. The predicted octanol–water partition coefficient (Wildman–Crippen LogP) is 4.05. The lowest BCUT2D eigenvalue weighted by atomic mass is 9.87. The maximum absolute atomic E-state index is 12.7. The second kappa shape index (κ2) is 10.9. The molecule has 0 atom stereocenters. The molecule has 0 saturated heterocycles. The Morgan fingerprint density at radius 1 is 1.08 bits per heavy atom. The Labute approximate surface area is 220 Å². The summed E-state index contributed by atoms with van der Waals surface area (Å²) in [5, 5.41) is 5.82. The topological polar surface area (TPSA) is 69.5 Å². The minimum absolute atomic E-state index is 0.0219. The molecule has 9 heteroatoms. The molecule has 4 aromatic rings. The van der Waals surface area contributed by atoms with Crippen LogP contribution in [-0.4, -0.2) is 69.3 Å². The van der Waals surface area contributed by atoms with E-state index in [-0.39, 0.29) is 5.91 Å². The number of carbonyl (C=O) groups is 1. The number of methoxy groups -OCH3 is 1. The molecular formula is C28H35BN4O3Si. The van der Waals surface area contributed by atoms with Gasteiger partial charge in [-0.05, 0) is 35.9 Å². The van der Waals surface area contributed by atoms with Gasteiger partial charge in [-0.15, -0.1) is 0 Å². The van der Waals surface area contributed by atoms with E-state index in [1.54, 1.807) is 26.1 Å². The zero-order chi connectivity index (χ0) is 26.7. The molecular weight excluding hydrogens is 479 g/mol. The SMILES string of the molecule is Bc1ccc(-c2cnc3c(c2)c(-c2ccccc2OC)nn3COCC[Si](C)(C)C)cc1C(=O)N(C)C. The van der Waals surface area contributed by atoms with Crippen molar-refractivity contribution >= 4 is 38.3 Å². The molecule has 0 radical (unpaired) electrons. The van der Waals surface area contributed by atoms with E-state index < -0.39 is 8.07 Å². The molecule has 2 heterocycles. The molecule has 2 aromatic carbocycles. The number of pyridine rings is 1. The van der Waals surface area contributed by atoms with Crippen LogP contribution in [0.15, 0.2) is 54.7 Å². The van der Waals surface area contributed by atoms with Crippen molar-refractivity contribution in [3.8, 4) is 28.1 Å². The van der Waals surface area contributed by atoms with Gasteiger partial charge in [0.2, 0.25) is 0 Å². The first-order valence-corrected chi connectivity index (χ1v) is 16.2. The number of nitrogens with zero attached hydrogens (tertiary/aromatic N) is 4. The van der Waals surface area contributed by atoms with Gasteiger partial charge in [0.05, 0.1) is 7.11 Å². The number of fused-ring (bicyclic) bond motifs is 1. The molecule has 0 N–H and O–H groups in total. The van der Waals surface area contributed by atoms with Gasteiger partial charge >= 0.3 is 0 Å². The molecule has 0 spiro atoms. The van der Waals surface area contributed by atoms with Gasteiger partial charge in [-0.1, -0.05) is 49.4 Å². The molecule has 1 amide bonds. The molecule has 192 valence electrons. The van der Waals surface area contributed by atoms with Crippen LogP contribution in [0, 0.1) is 0 Å². The predicted molar refractivity (Wildman–Crippen MR) is 155 cm³/mol. The normalized spacial score (nSPS) is 11.6. The van der Waals surface area contributed by atoms with Gasteiger partial charge in [0.15, 0.2) is 5.65 Å². The molecule has 0 unspecified atom stereocenters. The Morgan fingerprint density at radius 2 is 1.84 bits per heavy atom. The second-order valence-corrected chi connectivity index (χ2v) is 16.3.